The topological polar surface area (TPSA) is 51.2 Å². The molecule has 0 saturated carbocycles. The van der Waals surface area contributed by atoms with E-state index in [1.807, 2.05) is 0 Å². The van der Waals surface area contributed by atoms with Crippen LogP contribution in [0.2, 0.25) is 0 Å². The van der Waals surface area contributed by atoms with Gasteiger partial charge in [0.25, 0.3) is 0 Å². The van der Waals surface area contributed by atoms with Gasteiger partial charge in [-0.1, -0.05) is 20.3 Å². The van der Waals surface area contributed by atoms with Gasteiger partial charge in [-0.25, -0.2) is 9.78 Å². The van der Waals surface area contributed by atoms with Crippen LogP contribution in [0.25, 0.3) is 0 Å². The van der Waals surface area contributed by atoms with Crippen molar-refractivity contribution in [2.24, 2.45) is 5.92 Å². The van der Waals surface area contributed by atoms with Crippen molar-refractivity contribution in [3.8, 4) is 0 Å². The number of rotatable bonds is 6. The summed E-state index contributed by atoms with van der Waals surface area (Å²) < 4.78 is 4.87. The maximum Gasteiger partial charge on any atom is 0.357 e. The molecule has 0 saturated heterocycles. The van der Waals surface area contributed by atoms with Gasteiger partial charge in [0.1, 0.15) is 0 Å². The minimum atomic E-state index is -0.352. The first-order valence-electron chi connectivity index (χ1n) is 5.53. The number of hydrogen-bond acceptors (Lipinski definition) is 5. The van der Waals surface area contributed by atoms with Crippen LogP contribution in [0.4, 0.5) is 5.13 Å². The summed E-state index contributed by atoms with van der Waals surface area (Å²) in [7, 11) is 0. The lowest BCUT2D eigenvalue weighted by Crippen LogP contribution is -2.10. The van der Waals surface area contributed by atoms with Crippen LogP contribution in [0.5, 0.6) is 0 Å². The van der Waals surface area contributed by atoms with E-state index in [0.717, 1.165) is 18.1 Å². The van der Waals surface area contributed by atoms with Crippen molar-refractivity contribution >= 4 is 22.4 Å². The van der Waals surface area contributed by atoms with Crippen LogP contribution < -0.4 is 5.32 Å². The zero-order valence-electron chi connectivity index (χ0n) is 9.95. The van der Waals surface area contributed by atoms with E-state index >= 15 is 0 Å². The Morgan fingerprint density at radius 2 is 2.38 bits per heavy atom. The number of nitrogens with one attached hydrogen (secondary N) is 1. The number of esters is 1. The van der Waals surface area contributed by atoms with E-state index < -0.39 is 0 Å². The lowest BCUT2D eigenvalue weighted by molar-refractivity contribution is 0.0520. The van der Waals surface area contributed by atoms with Gasteiger partial charge < -0.3 is 10.1 Å². The number of thiazole rings is 1. The molecular weight excluding hydrogens is 224 g/mol. The maximum atomic E-state index is 11.3. The fraction of sp³-hybridized carbons (Fsp3) is 0.636. The lowest BCUT2D eigenvalue weighted by atomic mass is 10.1. The Balaban J connectivity index is 2.48. The first-order valence-corrected chi connectivity index (χ1v) is 6.41. The normalized spacial score (nSPS) is 12.2. The van der Waals surface area contributed by atoms with Crippen molar-refractivity contribution in [3.63, 3.8) is 0 Å². The fourth-order valence-electron chi connectivity index (χ4n) is 1.06. The van der Waals surface area contributed by atoms with Crippen molar-refractivity contribution in [1.82, 2.24) is 4.98 Å². The summed E-state index contributed by atoms with van der Waals surface area (Å²) in [5.41, 5.74) is 0.388. The number of carbonyl (C=O) groups excluding carboxylic acids is 1. The molecule has 90 valence electrons. The summed E-state index contributed by atoms with van der Waals surface area (Å²) in [5, 5.41) is 5.71. The summed E-state index contributed by atoms with van der Waals surface area (Å²) in [6, 6.07) is 0. The number of aromatic nitrogens is 1. The average Bonchev–Trinajstić information content (AvgIpc) is 2.75. The highest BCUT2D eigenvalue weighted by Crippen LogP contribution is 2.16. The van der Waals surface area contributed by atoms with Crippen molar-refractivity contribution in [2.45, 2.75) is 27.2 Å². The number of hydrogen-bond donors (Lipinski definition) is 1. The van der Waals surface area contributed by atoms with Crippen LogP contribution in [0.3, 0.4) is 0 Å². The maximum absolute atomic E-state index is 11.3. The summed E-state index contributed by atoms with van der Waals surface area (Å²) in [4.78, 5) is 15.5. The van der Waals surface area contributed by atoms with Crippen molar-refractivity contribution in [3.05, 3.63) is 11.1 Å². The number of carbonyl (C=O) groups is 1. The van der Waals surface area contributed by atoms with Gasteiger partial charge in [-0.3, -0.25) is 0 Å². The molecule has 0 spiro atoms. The average molecular weight is 242 g/mol. The second-order valence-electron chi connectivity index (χ2n) is 3.65. The number of nitrogens with zero attached hydrogens (tertiary/aromatic N) is 1. The van der Waals surface area contributed by atoms with E-state index in [4.69, 9.17) is 4.74 Å². The first-order chi connectivity index (χ1) is 7.67. The van der Waals surface area contributed by atoms with E-state index in [0.29, 0.717) is 18.2 Å². The van der Waals surface area contributed by atoms with Gasteiger partial charge in [0.15, 0.2) is 10.8 Å². The van der Waals surface area contributed by atoms with E-state index in [1.165, 1.54) is 11.3 Å². The molecule has 0 fully saturated rings. The third-order valence-electron chi connectivity index (χ3n) is 2.29. The second kappa shape index (κ2) is 6.48. The Bertz CT molecular complexity index is 338. The summed E-state index contributed by atoms with van der Waals surface area (Å²) in [6.45, 7) is 7.37. The van der Waals surface area contributed by atoms with Gasteiger partial charge in [0, 0.05) is 11.9 Å². The Morgan fingerprint density at radius 1 is 1.62 bits per heavy atom. The van der Waals surface area contributed by atoms with Gasteiger partial charge in [-0.15, -0.1) is 11.3 Å². The van der Waals surface area contributed by atoms with Crippen LogP contribution in [0, 0.1) is 5.92 Å². The molecule has 0 aliphatic carbocycles. The zero-order valence-corrected chi connectivity index (χ0v) is 10.8. The van der Waals surface area contributed by atoms with Crippen LogP contribution in [0.1, 0.15) is 37.7 Å². The molecule has 16 heavy (non-hydrogen) atoms. The smallest absolute Gasteiger partial charge is 0.357 e. The highest BCUT2D eigenvalue weighted by atomic mass is 32.1. The Labute approximate surface area is 100 Å². The largest absolute Gasteiger partial charge is 0.461 e. The molecule has 0 radical (unpaired) electrons. The van der Waals surface area contributed by atoms with Crippen LogP contribution in [-0.2, 0) is 4.74 Å². The van der Waals surface area contributed by atoms with Gasteiger partial charge in [-0.2, -0.15) is 0 Å². The van der Waals surface area contributed by atoms with E-state index in [1.54, 1.807) is 12.3 Å². The molecule has 0 aliphatic heterocycles. The van der Waals surface area contributed by atoms with Crippen LogP contribution in [0.15, 0.2) is 5.38 Å². The van der Waals surface area contributed by atoms with Crippen molar-refractivity contribution < 1.29 is 9.53 Å². The molecule has 1 N–H and O–H groups in total. The molecular formula is C11H18N2O2S. The third kappa shape index (κ3) is 3.81. The fourth-order valence-corrected chi connectivity index (χ4v) is 1.75. The van der Waals surface area contributed by atoms with Crippen molar-refractivity contribution in [2.75, 3.05) is 18.5 Å². The van der Waals surface area contributed by atoms with Crippen LogP contribution in [-0.4, -0.2) is 24.1 Å². The van der Waals surface area contributed by atoms with Crippen molar-refractivity contribution in [1.29, 1.82) is 0 Å². The molecule has 0 aliphatic rings. The summed E-state index contributed by atoms with van der Waals surface area (Å²) in [6.07, 6.45) is 1.13. The van der Waals surface area contributed by atoms with Gasteiger partial charge in [0.05, 0.1) is 6.61 Å². The Kier molecular flexibility index (Phi) is 5.25. The van der Waals surface area contributed by atoms with Gasteiger partial charge >= 0.3 is 5.97 Å². The molecule has 4 nitrogen and oxygen atoms in total. The Hall–Kier alpha value is -1.10. The molecule has 1 unspecified atom stereocenters. The zero-order chi connectivity index (χ0) is 12.0. The monoisotopic (exact) mass is 242 g/mol. The van der Waals surface area contributed by atoms with E-state index in [9.17, 15) is 4.79 Å². The summed E-state index contributed by atoms with van der Waals surface area (Å²) in [5.74, 6) is 0.255. The molecule has 1 heterocycles. The van der Waals surface area contributed by atoms with Gasteiger partial charge in [-0.05, 0) is 12.8 Å². The first kappa shape index (κ1) is 13.0. The van der Waals surface area contributed by atoms with E-state index in [2.05, 4.69) is 24.1 Å². The minimum Gasteiger partial charge on any atom is -0.461 e. The number of anilines is 1. The molecule has 1 aromatic heterocycles. The van der Waals surface area contributed by atoms with E-state index in [-0.39, 0.29) is 5.97 Å². The second-order valence-corrected chi connectivity index (χ2v) is 4.51. The third-order valence-corrected chi connectivity index (χ3v) is 3.09. The molecule has 1 rings (SSSR count). The molecule has 0 bridgehead atoms. The quantitative estimate of drug-likeness (QED) is 0.779. The van der Waals surface area contributed by atoms with Crippen LogP contribution >= 0.6 is 11.3 Å². The highest BCUT2D eigenvalue weighted by molar-refractivity contribution is 7.13. The predicted octanol–water partition coefficient (Wildman–Crippen LogP) is 2.78. The Morgan fingerprint density at radius 3 is 3.00 bits per heavy atom. The molecule has 0 amide bonds. The predicted molar refractivity (Wildman–Crippen MR) is 66.0 cm³/mol. The molecule has 1 aromatic rings. The molecule has 0 aromatic carbocycles. The molecule has 1 atom stereocenters. The highest BCUT2D eigenvalue weighted by Gasteiger charge is 2.11. The SMILES string of the molecule is CCOC(=O)c1csc(NCC(C)CC)n1. The molecule has 5 heteroatoms. The minimum absolute atomic E-state index is 0.352. The standard InChI is InChI=1S/C11H18N2O2S/c1-4-8(3)6-12-11-13-9(7-16-11)10(14)15-5-2/h7-8H,4-6H2,1-3H3,(H,12,13). The lowest BCUT2D eigenvalue weighted by Gasteiger charge is -2.08. The summed E-state index contributed by atoms with van der Waals surface area (Å²) >= 11 is 1.43. The number of ether oxygens (including phenoxy) is 1. The van der Waals surface area contributed by atoms with Gasteiger partial charge in [0.2, 0.25) is 0 Å².